The van der Waals surface area contributed by atoms with Crippen LogP contribution in [0.2, 0.25) is 5.02 Å². The Morgan fingerprint density at radius 2 is 1.75 bits per heavy atom. The lowest BCUT2D eigenvalue weighted by Crippen LogP contribution is -2.31. The van der Waals surface area contributed by atoms with E-state index in [0.29, 0.717) is 16.9 Å². The molecule has 0 bridgehead atoms. The van der Waals surface area contributed by atoms with Crippen molar-refractivity contribution in [2.45, 2.75) is 13.0 Å². The number of hydrogen-bond donors (Lipinski definition) is 1. The van der Waals surface area contributed by atoms with Crippen LogP contribution < -0.4 is 5.32 Å². The molecule has 0 heterocycles. The minimum atomic E-state index is -0.623. The fourth-order valence-corrected chi connectivity index (χ4v) is 2.16. The molecule has 24 heavy (non-hydrogen) atoms. The van der Waals surface area contributed by atoms with Crippen molar-refractivity contribution in [3.05, 3.63) is 70.2 Å². The molecule has 0 saturated heterocycles. The van der Waals surface area contributed by atoms with Gasteiger partial charge in [-0.15, -0.1) is 0 Å². The summed E-state index contributed by atoms with van der Waals surface area (Å²) in [4.78, 5) is 34.3. The largest absolute Gasteiger partial charge is 0.452 e. The highest BCUT2D eigenvalue weighted by atomic mass is 35.5. The maximum atomic E-state index is 11.9. The zero-order valence-electron chi connectivity index (χ0n) is 13.0. The minimum absolute atomic E-state index is 0.236. The fraction of sp³-hybridized carbons (Fsp3) is 0.167. The van der Waals surface area contributed by atoms with Gasteiger partial charge in [-0.1, -0.05) is 35.9 Å². The van der Waals surface area contributed by atoms with Gasteiger partial charge in [-0.05, 0) is 36.8 Å². The van der Waals surface area contributed by atoms with Gasteiger partial charge in [0.05, 0.1) is 11.6 Å². The van der Waals surface area contributed by atoms with E-state index in [-0.39, 0.29) is 18.2 Å². The van der Waals surface area contributed by atoms with Crippen LogP contribution in [0.3, 0.4) is 0 Å². The Balaban J connectivity index is 1.84. The standard InChI is InChI=1S/C18H16ClNO4/c1-12(14-6-8-16(19)9-7-14)20-17(22)11-24-18(23)15-4-2-13(10-21)3-5-15/h2-10,12H,11H2,1H3,(H,20,22)/t12-/m0/s1. The van der Waals surface area contributed by atoms with E-state index in [1.807, 2.05) is 19.1 Å². The number of nitrogens with one attached hydrogen (secondary N) is 1. The number of ether oxygens (including phenoxy) is 1. The monoisotopic (exact) mass is 345 g/mol. The molecule has 1 amide bonds. The number of aldehydes is 1. The molecule has 1 N–H and O–H groups in total. The summed E-state index contributed by atoms with van der Waals surface area (Å²) in [5.41, 5.74) is 1.63. The van der Waals surface area contributed by atoms with Crippen molar-refractivity contribution in [3.63, 3.8) is 0 Å². The van der Waals surface area contributed by atoms with E-state index in [9.17, 15) is 14.4 Å². The van der Waals surface area contributed by atoms with E-state index >= 15 is 0 Å². The Morgan fingerprint density at radius 3 is 2.33 bits per heavy atom. The first kappa shape index (κ1) is 17.7. The maximum absolute atomic E-state index is 11.9. The lowest BCUT2D eigenvalue weighted by molar-refractivity contribution is -0.124. The molecule has 0 aliphatic heterocycles. The fourth-order valence-electron chi connectivity index (χ4n) is 2.03. The van der Waals surface area contributed by atoms with Crippen molar-refractivity contribution < 1.29 is 19.1 Å². The number of halogens is 1. The molecule has 2 aromatic carbocycles. The smallest absolute Gasteiger partial charge is 0.338 e. The van der Waals surface area contributed by atoms with Crippen molar-refractivity contribution in [1.29, 1.82) is 0 Å². The molecule has 5 nitrogen and oxygen atoms in total. The third-order valence-electron chi connectivity index (χ3n) is 3.36. The van der Waals surface area contributed by atoms with E-state index in [2.05, 4.69) is 5.32 Å². The average molecular weight is 346 g/mol. The van der Waals surface area contributed by atoms with E-state index in [1.54, 1.807) is 12.1 Å². The minimum Gasteiger partial charge on any atom is -0.452 e. The van der Waals surface area contributed by atoms with Crippen LogP contribution in [0.4, 0.5) is 0 Å². The summed E-state index contributed by atoms with van der Waals surface area (Å²) >= 11 is 5.82. The zero-order chi connectivity index (χ0) is 17.5. The van der Waals surface area contributed by atoms with E-state index in [0.717, 1.165) is 5.56 Å². The number of esters is 1. The Hall–Kier alpha value is -2.66. The van der Waals surface area contributed by atoms with Crippen molar-refractivity contribution in [1.82, 2.24) is 5.32 Å². The highest BCUT2D eigenvalue weighted by molar-refractivity contribution is 6.30. The molecule has 1 atom stereocenters. The molecular weight excluding hydrogens is 330 g/mol. The second-order valence-electron chi connectivity index (χ2n) is 5.16. The summed E-state index contributed by atoms with van der Waals surface area (Å²) in [5.74, 6) is -1.03. The average Bonchev–Trinajstić information content (AvgIpc) is 2.60. The number of benzene rings is 2. The number of carbonyl (C=O) groups excluding carboxylic acids is 3. The second kappa shape index (κ2) is 8.26. The van der Waals surface area contributed by atoms with E-state index < -0.39 is 11.9 Å². The zero-order valence-corrected chi connectivity index (χ0v) is 13.7. The molecule has 2 rings (SSSR count). The summed E-state index contributed by atoms with van der Waals surface area (Å²) in [5, 5.41) is 3.35. The Morgan fingerprint density at radius 1 is 1.12 bits per heavy atom. The summed E-state index contributed by atoms with van der Waals surface area (Å²) in [7, 11) is 0. The van der Waals surface area contributed by atoms with Crippen LogP contribution in [0.1, 0.15) is 39.2 Å². The molecule has 0 radical (unpaired) electrons. The van der Waals surface area contributed by atoms with Gasteiger partial charge in [-0.3, -0.25) is 9.59 Å². The predicted octanol–water partition coefficient (Wildman–Crippen LogP) is 3.19. The second-order valence-corrected chi connectivity index (χ2v) is 5.59. The number of carbonyl (C=O) groups is 3. The third kappa shape index (κ3) is 4.93. The topological polar surface area (TPSA) is 72.5 Å². The van der Waals surface area contributed by atoms with Gasteiger partial charge >= 0.3 is 5.97 Å². The molecule has 0 unspecified atom stereocenters. The summed E-state index contributed by atoms with van der Waals surface area (Å²) in [6.07, 6.45) is 0.681. The molecule has 0 aliphatic rings. The van der Waals surface area contributed by atoms with E-state index in [1.165, 1.54) is 24.3 Å². The van der Waals surface area contributed by atoms with Gasteiger partial charge in [0.15, 0.2) is 6.61 Å². The van der Waals surface area contributed by atoms with Crippen molar-refractivity contribution in [2.24, 2.45) is 0 Å². The molecule has 6 heteroatoms. The van der Waals surface area contributed by atoms with Crippen LogP contribution in [-0.4, -0.2) is 24.8 Å². The number of amides is 1. The third-order valence-corrected chi connectivity index (χ3v) is 3.62. The van der Waals surface area contributed by atoms with Crippen LogP contribution in [0, 0.1) is 0 Å². The van der Waals surface area contributed by atoms with Crippen molar-refractivity contribution in [2.75, 3.05) is 6.61 Å². The Kier molecular flexibility index (Phi) is 6.09. The van der Waals surface area contributed by atoms with Crippen molar-refractivity contribution in [3.8, 4) is 0 Å². The van der Waals surface area contributed by atoms with Crippen LogP contribution in [0.25, 0.3) is 0 Å². The Labute approximate surface area is 144 Å². The number of hydrogen-bond acceptors (Lipinski definition) is 4. The first-order valence-electron chi connectivity index (χ1n) is 7.27. The molecule has 0 saturated carbocycles. The predicted molar refractivity (Wildman–Crippen MR) is 90.1 cm³/mol. The summed E-state index contributed by atoms with van der Waals surface area (Å²) < 4.78 is 4.96. The molecule has 124 valence electrons. The first-order valence-corrected chi connectivity index (χ1v) is 7.64. The van der Waals surface area contributed by atoms with Gasteiger partial charge < -0.3 is 10.1 Å². The van der Waals surface area contributed by atoms with Gasteiger partial charge in [0.2, 0.25) is 0 Å². The highest BCUT2D eigenvalue weighted by Gasteiger charge is 2.13. The summed E-state index contributed by atoms with van der Waals surface area (Å²) in [6, 6.07) is 12.8. The molecule has 0 aromatic heterocycles. The van der Waals surface area contributed by atoms with Gasteiger partial charge in [-0.25, -0.2) is 4.79 Å². The normalized spacial score (nSPS) is 11.4. The highest BCUT2D eigenvalue weighted by Crippen LogP contribution is 2.15. The maximum Gasteiger partial charge on any atom is 0.338 e. The van der Waals surface area contributed by atoms with Gasteiger partial charge in [-0.2, -0.15) is 0 Å². The lowest BCUT2D eigenvalue weighted by Gasteiger charge is -2.14. The van der Waals surface area contributed by atoms with Crippen molar-refractivity contribution >= 4 is 29.8 Å². The van der Waals surface area contributed by atoms with Crippen LogP contribution in [-0.2, 0) is 9.53 Å². The first-order chi connectivity index (χ1) is 11.5. The molecule has 2 aromatic rings. The van der Waals surface area contributed by atoms with E-state index in [4.69, 9.17) is 16.3 Å². The Bertz CT molecular complexity index is 726. The number of rotatable bonds is 6. The van der Waals surface area contributed by atoms with Gasteiger partial charge in [0.1, 0.15) is 6.29 Å². The van der Waals surface area contributed by atoms with Gasteiger partial charge in [0.25, 0.3) is 5.91 Å². The lowest BCUT2D eigenvalue weighted by atomic mass is 10.1. The molecule has 0 aliphatic carbocycles. The van der Waals surface area contributed by atoms with Crippen LogP contribution >= 0.6 is 11.6 Å². The molecular formula is C18H16ClNO4. The summed E-state index contributed by atoms with van der Waals surface area (Å²) in [6.45, 7) is 1.44. The van der Waals surface area contributed by atoms with Gasteiger partial charge in [0, 0.05) is 10.6 Å². The molecule has 0 fully saturated rings. The quantitative estimate of drug-likeness (QED) is 0.644. The van der Waals surface area contributed by atoms with Crippen LogP contribution in [0.5, 0.6) is 0 Å². The molecule has 0 spiro atoms. The van der Waals surface area contributed by atoms with Crippen LogP contribution in [0.15, 0.2) is 48.5 Å². The SMILES string of the molecule is C[C@H](NC(=O)COC(=O)c1ccc(C=O)cc1)c1ccc(Cl)cc1.